The summed E-state index contributed by atoms with van der Waals surface area (Å²) in [5, 5.41) is 2.04. The minimum Gasteiger partial charge on any atom is -0.314 e. The van der Waals surface area contributed by atoms with Gasteiger partial charge in [0.05, 0.1) is 16.0 Å². The zero-order chi connectivity index (χ0) is 19.9. The molecule has 4 rings (SSSR count). The van der Waals surface area contributed by atoms with Gasteiger partial charge in [0.25, 0.3) is 5.56 Å². The van der Waals surface area contributed by atoms with Gasteiger partial charge in [0.1, 0.15) is 0 Å². The van der Waals surface area contributed by atoms with Crippen LogP contribution in [0.25, 0.3) is 5.57 Å². The lowest BCUT2D eigenvalue weighted by atomic mass is 10.1. The molecule has 1 fully saturated rings. The van der Waals surface area contributed by atoms with Gasteiger partial charge in [-0.05, 0) is 49.1 Å². The van der Waals surface area contributed by atoms with Crippen LogP contribution in [0.2, 0.25) is 5.02 Å². The number of rotatable bonds is 6. The van der Waals surface area contributed by atoms with Crippen LogP contribution in [0.3, 0.4) is 0 Å². The number of benzene rings is 1. The molecule has 1 aromatic carbocycles. The highest BCUT2D eigenvalue weighted by Crippen LogP contribution is 2.33. The summed E-state index contributed by atoms with van der Waals surface area (Å²) in [6, 6.07) is 8.48. The van der Waals surface area contributed by atoms with E-state index in [4.69, 9.17) is 11.6 Å². The van der Waals surface area contributed by atoms with Crippen LogP contribution in [0.15, 0.2) is 47.5 Å². The smallest absolute Gasteiger partial charge is 0.250 e. The highest BCUT2D eigenvalue weighted by molar-refractivity contribution is 7.93. The van der Waals surface area contributed by atoms with Crippen LogP contribution in [0.5, 0.6) is 0 Å². The molecule has 0 atom stereocenters. The number of aromatic nitrogens is 1. The summed E-state index contributed by atoms with van der Waals surface area (Å²) in [6.07, 6.45) is 5.14. The number of nitrogens with one attached hydrogen (secondary N) is 2. The molecule has 7 nitrogen and oxygen atoms in total. The SMILES string of the molecule is CCn1cc(N2C=C(c3ccc(NS(=O)(=O)C4CC4)cc3Cl)CN2)ccc1=O. The lowest BCUT2D eigenvalue weighted by Crippen LogP contribution is -2.30. The van der Waals surface area contributed by atoms with Crippen molar-refractivity contribution in [1.82, 2.24) is 9.99 Å². The Balaban J connectivity index is 1.56. The van der Waals surface area contributed by atoms with Gasteiger partial charge in [-0.25, -0.2) is 13.8 Å². The highest BCUT2D eigenvalue weighted by atomic mass is 35.5. The molecule has 2 aromatic rings. The number of hydrogen-bond acceptors (Lipinski definition) is 5. The summed E-state index contributed by atoms with van der Waals surface area (Å²) < 4.78 is 28.4. The summed E-state index contributed by atoms with van der Waals surface area (Å²) >= 11 is 6.43. The van der Waals surface area contributed by atoms with Crippen LogP contribution in [0, 0.1) is 0 Å². The third kappa shape index (κ3) is 3.80. The molecule has 0 amide bonds. The number of sulfonamides is 1. The van der Waals surface area contributed by atoms with Crippen molar-refractivity contribution in [2.75, 3.05) is 16.3 Å². The number of anilines is 2. The van der Waals surface area contributed by atoms with Gasteiger partial charge in [-0.15, -0.1) is 0 Å². The molecule has 0 unspecified atom stereocenters. The Labute approximate surface area is 168 Å². The van der Waals surface area contributed by atoms with Crippen molar-refractivity contribution in [1.29, 1.82) is 0 Å². The maximum absolute atomic E-state index is 12.1. The fraction of sp³-hybridized carbons (Fsp3) is 0.316. The first-order chi connectivity index (χ1) is 13.4. The average molecular weight is 421 g/mol. The Morgan fingerprint density at radius 3 is 2.71 bits per heavy atom. The van der Waals surface area contributed by atoms with E-state index < -0.39 is 10.0 Å². The molecular weight excluding hydrogens is 400 g/mol. The number of hydrogen-bond donors (Lipinski definition) is 2. The zero-order valence-electron chi connectivity index (χ0n) is 15.4. The Morgan fingerprint density at radius 1 is 1.25 bits per heavy atom. The number of nitrogens with zero attached hydrogens (tertiary/aromatic N) is 2. The Bertz CT molecular complexity index is 1110. The normalized spacial score (nSPS) is 16.9. The molecule has 0 bridgehead atoms. The van der Waals surface area contributed by atoms with Crippen LogP contribution in [-0.4, -0.2) is 24.8 Å². The average Bonchev–Trinajstić information content (AvgIpc) is 3.42. The van der Waals surface area contributed by atoms with Gasteiger partial charge in [-0.2, -0.15) is 0 Å². The summed E-state index contributed by atoms with van der Waals surface area (Å²) in [6.45, 7) is 3.09. The predicted molar refractivity (Wildman–Crippen MR) is 112 cm³/mol. The predicted octanol–water partition coefficient (Wildman–Crippen LogP) is 2.79. The van der Waals surface area contributed by atoms with E-state index in [2.05, 4.69) is 10.1 Å². The van der Waals surface area contributed by atoms with Gasteiger partial charge < -0.3 is 4.57 Å². The second-order valence-corrected chi connectivity index (χ2v) is 9.28. The van der Waals surface area contributed by atoms with Crippen molar-refractivity contribution >= 4 is 38.6 Å². The minimum absolute atomic E-state index is 0.0399. The van der Waals surface area contributed by atoms with Crippen LogP contribution in [0.4, 0.5) is 11.4 Å². The lowest BCUT2D eigenvalue weighted by molar-refractivity contribution is 0.600. The van der Waals surface area contributed by atoms with Crippen molar-refractivity contribution in [2.24, 2.45) is 0 Å². The number of aryl methyl sites for hydroxylation is 1. The molecule has 1 aliphatic heterocycles. The molecular formula is C19H21ClN4O3S. The molecule has 2 heterocycles. The maximum Gasteiger partial charge on any atom is 0.250 e. The van der Waals surface area contributed by atoms with E-state index in [-0.39, 0.29) is 10.8 Å². The largest absolute Gasteiger partial charge is 0.314 e. The third-order valence-electron chi connectivity index (χ3n) is 4.85. The molecule has 1 saturated carbocycles. The van der Waals surface area contributed by atoms with Crippen molar-refractivity contribution in [2.45, 2.75) is 31.6 Å². The highest BCUT2D eigenvalue weighted by Gasteiger charge is 2.35. The molecule has 2 N–H and O–H groups in total. The lowest BCUT2D eigenvalue weighted by Gasteiger charge is -2.16. The third-order valence-corrected chi connectivity index (χ3v) is 7.03. The topological polar surface area (TPSA) is 83.4 Å². The quantitative estimate of drug-likeness (QED) is 0.750. The van der Waals surface area contributed by atoms with Gasteiger partial charge in [0.15, 0.2) is 0 Å². The number of hydrazine groups is 1. The molecule has 2 aliphatic rings. The zero-order valence-corrected chi connectivity index (χ0v) is 16.9. The van der Waals surface area contributed by atoms with Gasteiger partial charge >= 0.3 is 0 Å². The van der Waals surface area contributed by atoms with E-state index in [0.717, 1.165) is 16.8 Å². The minimum atomic E-state index is -3.32. The fourth-order valence-corrected chi connectivity index (χ4v) is 4.80. The van der Waals surface area contributed by atoms with E-state index in [1.165, 1.54) is 0 Å². The van der Waals surface area contributed by atoms with Gasteiger partial charge in [-0.3, -0.25) is 14.5 Å². The second kappa shape index (κ2) is 7.27. The van der Waals surface area contributed by atoms with Crippen LogP contribution >= 0.6 is 11.6 Å². The monoisotopic (exact) mass is 420 g/mol. The van der Waals surface area contributed by atoms with Crippen molar-refractivity contribution in [3.05, 3.63) is 63.7 Å². The summed E-state index contributed by atoms with van der Waals surface area (Å²) in [4.78, 5) is 11.8. The molecule has 1 aliphatic carbocycles. The molecule has 0 radical (unpaired) electrons. The van der Waals surface area contributed by atoms with Crippen molar-refractivity contribution in [3.63, 3.8) is 0 Å². The van der Waals surface area contributed by atoms with Crippen LogP contribution in [-0.2, 0) is 16.6 Å². The first-order valence-electron chi connectivity index (χ1n) is 9.13. The summed E-state index contributed by atoms with van der Waals surface area (Å²) in [5.41, 5.74) is 6.33. The van der Waals surface area contributed by atoms with Crippen LogP contribution in [0.1, 0.15) is 25.3 Å². The summed E-state index contributed by atoms with van der Waals surface area (Å²) in [5.74, 6) is 0. The van der Waals surface area contributed by atoms with E-state index in [0.29, 0.717) is 36.6 Å². The molecule has 0 spiro atoms. The molecule has 148 valence electrons. The van der Waals surface area contributed by atoms with E-state index in [9.17, 15) is 13.2 Å². The maximum atomic E-state index is 12.1. The Hall–Kier alpha value is -2.29. The Morgan fingerprint density at radius 2 is 2.04 bits per heavy atom. The van der Waals surface area contributed by atoms with Crippen molar-refractivity contribution in [3.8, 4) is 0 Å². The molecule has 9 heteroatoms. The van der Waals surface area contributed by atoms with Crippen LogP contribution < -0.4 is 20.7 Å². The standard InChI is InChI=1S/C19H21ClN4O3S/c1-2-23-12-15(4-8-19(23)25)24-11-13(10-21-24)17-7-3-14(9-18(17)20)22-28(26,27)16-5-6-16/h3-4,7-9,11-12,16,21-22H,2,5-6,10H2,1H3. The first-order valence-corrected chi connectivity index (χ1v) is 11.1. The van der Waals surface area contributed by atoms with Gasteiger partial charge in [0, 0.05) is 37.2 Å². The molecule has 1 aromatic heterocycles. The number of halogens is 1. The van der Waals surface area contributed by atoms with E-state index >= 15 is 0 Å². The summed E-state index contributed by atoms with van der Waals surface area (Å²) in [7, 11) is -3.32. The fourth-order valence-electron chi connectivity index (χ4n) is 3.12. The first kappa shape index (κ1) is 19.0. The van der Waals surface area contributed by atoms with E-state index in [1.807, 2.05) is 24.2 Å². The van der Waals surface area contributed by atoms with Crippen molar-refractivity contribution < 1.29 is 8.42 Å². The second-order valence-electron chi connectivity index (χ2n) is 6.91. The van der Waals surface area contributed by atoms with Gasteiger partial charge in [-0.1, -0.05) is 17.7 Å². The van der Waals surface area contributed by atoms with Gasteiger partial charge in [0.2, 0.25) is 10.0 Å². The number of pyridine rings is 1. The molecule has 28 heavy (non-hydrogen) atoms. The molecule has 0 saturated heterocycles. The van der Waals surface area contributed by atoms with E-state index in [1.54, 1.807) is 35.0 Å². The Kier molecular flexibility index (Phi) is 4.95.